The molecule has 1 aromatic rings. The SMILES string of the molecule is CCCn1ccc(C(=O)N2CC[C@H](OC)[C@]3(CCCO3)C2)n1. The van der Waals surface area contributed by atoms with Crippen LogP contribution in [-0.2, 0) is 16.0 Å². The molecular formula is C16H25N3O3. The molecule has 0 aromatic carbocycles. The molecule has 1 aromatic heterocycles. The molecule has 0 N–H and O–H groups in total. The lowest BCUT2D eigenvalue weighted by molar-refractivity contribution is -0.137. The largest absolute Gasteiger partial charge is 0.378 e. The Morgan fingerprint density at radius 1 is 1.59 bits per heavy atom. The van der Waals surface area contributed by atoms with Crippen LogP contribution in [0.15, 0.2) is 12.3 Å². The van der Waals surface area contributed by atoms with Crippen molar-refractivity contribution in [3.63, 3.8) is 0 Å². The highest BCUT2D eigenvalue weighted by atomic mass is 16.6. The number of piperidine rings is 1. The van der Waals surface area contributed by atoms with Crippen LogP contribution < -0.4 is 0 Å². The lowest BCUT2D eigenvalue weighted by Crippen LogP contribution is -2.58. The summed E-state index contributed by atoms with van der Waals surface area (Å²) in [4.78, 5) is 14.6. The molecule has 0 aliphatic carbocycles. The summed E-state index contributed by atoms with van der Waals surface area (Å²) >= 11 is 0. The molecule has 1 spiro atoms. The molecular weight excluding hydrogens is 282 g/mol. The van der Waals surface area contributed by atoms with Crippen molar-refractivity contribution in [2.45, 2.75) is 50.9 Å². The molecule has 0 saturated carbocycles. The average molecular weight is 307 g/mol. The van der Waals surface area contributed by atoms with Crippen LogP contribution in [0.3, 0.4) is 0 Å². The minimum Gasteiger partial charge on any atom is -0.378 e. The van der Waals surface area contributed by atoms with Crippen molar-refractivity contribution < 1.29 is 14.3 Å². The van der Waals surface area contributed by atoms with E-state index in [9.17, 15) is 4.79 Å². The van der Waals surface area contributed by atoms with Gasteiger partial charge in [-0.25, -0.2) is 0 Å². The van der Waals surface area contributed by atoms with Crippen molar-refractivity contribution in [2.24, 2.45) is 0 Å². The first-order valence-corrected chi connectivity index (χ1v) is 8.18. The van der Waals surface area contributed by atoms with Gasteiger partial charge >= 0.3 is 0 Å². The molecule has 0 bridgehead atoms. The molecule has 0 unspecified atom stereocenters. The maximum Gasteiger partial charge on any atom is 0.274 e. The van der Waals surface area contributed by atoms with E-state index >= 15 is 0 Å². The van der Waals surface area contributed by atoms with Crippen molar-refractivity contribution in [1.29, 1.82) is 0 Å². The Balaban J connectivity index is 1.72. The first-order valence-electron chi connectivity index (χ1n) is 8.18. The Hall–Kier alpha value is -1.40. The lowest BCUT2D eigenvalue weighted by atomic mass is 9.86. The predicted molar refractivity (Wildman–Crippen MR) is 81.8 cm³/mol. The second kappa shape index (κ2) is 6.38. The van der Waals surface area contributed by atoms with Crippen LogP contribution in [0.1, 0.15) is 43.1 Å². The van der Waals surface area contributed by atoms with Crippen LogP contribution >= 0.6 is 0 Å². The zero-order chi connectivity index (χ0) is 15.6. The molecule has 2 fully saturated rings. The Bertz CT molecular complexity index is 522. The number of ether oxygens (including phenoxy) is 2. The van der Waals surface area contributed by atoms with E-state index in [4.69, 9.17) is 9.47 Å². The predicted octanol–water partition coefficient (Wildman–Crippen LogP) is 1.70. The number of carbonyl (C=O) groups is 1. The molecule has 6 heteroatoms. The number of aromatic nitrogens is 2. The van der Waals surface area contributed by atoms with E-state index in [1.165, 1.54) is 0 Å². The van der Waals surface area contributed by atoms with Gasteiger partial charge in [0.25, 0.3) is 5.91 Å². The van der Waals surface area contributed by atoms with Gasteiger partial charge in [-0.05, 0) is 31.7 Å². The minimum atomic E-state index is -0.325. The van der Waals surface area contributed by atoms with Gasteiger partial charge in [0.05, 0.1) is 12.6 Å². The lowest BCUT2D eigenvalue weighted by Gasteiger charge is -2.44. The van der Waals surface area contributed by atoms with Crippen molar-refractivity contribution in [2.75, 3.05) is 26.8 Å². The van der Waals surface area contributed by atoms with Gasteiger partial charge in [0.2, 0.25) is 0 Å². The van der Waals surface area contributed by atoms with E-state index in [-0.39, 0.29) is 17.6 Å². The number of aryl methyl sites for hydroxylation is 1. The number of likely N-dealkylation sites (tertiary alicyclic amines) is 1. The van der Waals surface area contributed by atoms with Gasteiger partial charge in [-0.3, -0.25) is 9.48 Å². The van der Waals surface area contributed by atoms with Crippen LogP contribution in [0, 0.1) is 0 Å². The van der Waals surface area contributed by atoms with Gasteiger partial charge in [-0.15, -0.1) is 0 Å². The van der Waals surface area contributed by atoms with Gasteiger partial charge in [0.15, 0.2) is 0 Å². The van der Waals surface area contributed by atoms with E-state index in [1.807, 2.05) is 21.8 Å². The van der Waals surface area contributed by atoms with Gasteiger partial charge in [0.1, 0.15) is 11.3 Å². The van der Waals surface area contributed by atoms with E-state index in [0.29, 0.717) is 18.8 Å². The van der Waals surface area contributed by atoms with E-state index < -0.39 is 0 Å². The highest BCUT2D eigenvalue weighted by molar-refractivity contribution is 5.92. The van der Waals surface area contributed by atoms with E-state index in [1.54, 1.807) is 7.11 Å². The third-order valence-electron chi connectivity index (χ3n) is 4.72. The Morgan fingerprint density at radius 2 is 2.45 bits per heavy atom. The second-order valence-corrected chi connectivity index (χ2v) is 6.22. The van der Waals surface area contributed by atoms with Crippen LogP contribution in [0.5, 0.6) is 0 Å². The normalized spacial score (nSPS) is 28.5. The summed E-state index contributed by atoms with van der Waals surface area (Å²) in [6.45, 7) is 4.99. The van der Waals surface area contributed by atoms with Gasteiger partial charge in [-0.1, -0.05) is 6.92 Å². The molecule has 122 valence electrons. The highest BCUT2D eigenvalue weighted by Gasteiger charge is 2.48. The zero-order valence-corrected chi connectivity index (χ0v) is 13.5. The van der Waals surface area contributed by atoms with Crippen molar-refractivity contribution in [1.82, 2.24) is 14.7 Å². The highest BCUT2D eigenvalue weighted by Crippen LogP contribution is 2.36. The molecule has 3 rings (SSSR count). The number of hydrogen-bond acceptors (Lipinski definition) is 4. The number of hydrogen-bond donors (Lipinski definition) is 0. The molecule has 2 aliphatic rings. The standard InChI is InChI=1S/C16H25N3O3/c1-3-8-19-10-5-13(17-19)15(20)18-9-6-14(21-2)16(12-18)7-4-11-22-16/h5,10,14H,3-4,6-9,11-12H2,1-2H3/t14-,16-/m0/s1. The average Bonchev–Trinajstić information content (AvgIpc) is 3.17. The fraction of sp³-hybridized carbons (Fsp3) is 0.750. The molecule has 6 nitrogen and oxygen atoms in total. The quantitative estimate of drug-likeness (QED) is 0.849. The summed E-state index contributed by atoms with van der Waals surface area (Å²) in [5, 5.41) is 4.38. The van der Waals surface area contributed by atoms with Gasteiger partial charge in [0, 0.05) is 33.0 Å². The van der Waals surface area contributed by atoms with Crippen LogP contribution in [0.4, 0.5) is 0 Å². The minimum absolute atomic E-state index is 0.000666. The third kappa shape index (κ3) is 2.77. The molecule has 2 atom stereocenters. The fourth-order valence-corrected chi connectivity index (χ4v) is 3.64. The number of nitrogens with zero attached hydrogens (tertiary/aromatic N) is 3. The van der Waals surface area contributed by atoms with E-state index in [2.05, 4.69) is 12.0 Å². The van der Waals surface area contributed by atoms with Crippen LogP contribution in [0.25, 0.3) is 0 Å². The zero-order valence-electron chi connectivity index (χ0n) is 13.5. The summed E-state index contributed by atoms with van der Waals surface area (Å²) in [5.41, 5.74) is 0.201. The van der Waals surface area contributed by atoms with Crippen LogP contribution in [-0.4, -0.2) is 59.1 Å². The molecule has 2 saturated heterocycles. The van der Waals surface area contributed by atoms with Crippen molar-refractivity contribution in [3.05, 3.63) is 18.0 Å². The fourth-order valence-electron chi connectivity index (χ4n) is 3.64. The van der Waals surface area contributed by atoms with Gasteiger partial charge < -0.3 is 14.4 Å². The Kier molecular flexibility index (Phi) is 4.49. The molecule has 1 amide bonds. The smallest absolute Gasteiger partial charge is 0.274 e. The number of carbonyl (C=O) groups excluding carboxylic acids is 1. The van der Waals surface area contributed by atoms with Crippen molar-refractivity contribution >= 4 is 5.91 Å². The van der Waals surface area contributed by atoms with E-state index in [0.717, 1.165) is 38.8 Å². The topological polar surface area (TPSA) is 56.6 Å². The van der Waals surface area contributed by atoms with Crippen molar-refractivity contribution in [3.8, 4) is 0 Å². The monoisotopic (exact) mass is 307 g/mol. The summed E-state index contributed by atoms with van der Waals surface area (Å²) in [7, 11) is 1.73. The maximum absolute atomic E-state index is 12.7. The van der Waals surface area contributed by atoms with Gasteiger partial charge in [-0.2, -0.15) is 5.10 Å². The third-order valence-corrected chi connectivity index (χ3v) is 4.72. The molecule has 22 heavy (non-hydrogen) atoms. The molecule has 3 heterocycles. The number of amides is 1. The molecule has 2 aliphatic heterocycles. The first kappa shape index (κ1) is 15.5. The Morgan fingerprint density at radius 3 is 3.14 bits per heavy atom. The summed E-state index contributed by atoms with van der Waals surface area (Å²) < 4.78 is 13.4. The number of rotatable bonds is 4. The molecule has 0 radical (unpaired) electrons. The summed E-state index contributed by atoms with van der Waals surface area (Å²) in [6, 6.07) is 1.81. The second-order valence-electron chi connectivity index (χ2n) is 6.22. The first-order chi connectivity index (χ1) is 10.7. The summed E-state index contributed by atoms with van der Waals surface area (Å²) in [5.74, 6) is -0.000666. The van der Waals surface area contributed by atoms with Crippen LogP contribution in [0.2, 0.25) is 0 Å². The Labute approximate surface area is 131 Å². The number of methoxy groups -OCH3 is 1. The summed E-state index contributed by atoms with van der Waals surface area (Å²) in [6.07, 6.45) is 5.77. The maximum atomic E-state index is 12.7.